The third kappa shape index (κ3) is 7.09. The minimum atomic E-state index is -0.514. The Balaban J connectivity index is 1.06. The predicted octanol–water partition coefficient (Wildman–Crippen LogP) is 16.2. The minimum absolute atomic E-state index is 0.00347. The van der Waals surface area contributed by atoms with E-state index in [0.29, 0.717) is 39.8 Å². The van der Waals surface area contributed by atoms with E-state index in [1.54, 1.807) is 10.6 Å². The molecule has 0 saturated heterocycles. The highest BCUT2D eigenvalue weighted by Gasteiger charge is 2.24. The Morgan fingerprint density at radius 2 is 1.17 bits per heavy atom. The molecule has 0 radical (unpaired) electrons. The predicted molar refractivity (Wildman–Crippen MR) is 291 cm³/mol. The Kier molecular flexibility index (Phi) is 8.31. The summed E-state index contributed by atoms with van der Waals surface area (Å²) < 4.78 is 87.8. The van der Waals surface area contributed by atoms with E-state index in [9.17, 15) is 5.48 Å². The quantitative estimate of drug-likeness (QED) is 0.101. The molecule has 6 heteroatoms. The molecule has 4 heterocycles. The molecule has 71 heavy (non-hydrogen) atoms. The highest BCUT2D eigenvalue weighted by molar-refractivity contribution is 6.16. The summed E-state index contributed by atoms with van der Waals surface area (Å²) >= 11 is 0. The van der Waals surface area contributed by atoms with Crippen molar-refractivity contribution in [3.63, 3.8) is 0 Å². The number of imidazole rings is 1. The summed E-state index contributed by atoms with van der Waals surface area (Å²) in [5, 5.41) is 1.38. The van der Waals surface area contributed by atoms with Gasteiger partial charge >= 0.3 is 0 Å². The number of hydrogen-bond acceptors (Lipinski definition) is 2. The van der Waals surface area contributed by atoms with Crippen LogP contribution in [0, 0.1) is 12.2 Å². The van der Waals surface area contributed by atoms with Crippen LogP contribution in [0.4, 0.5) is 0 Å². The monoisotopic (exact) mass is 923 g/mol. The van der Waals surface area contributed by atoms with Gasteiger partial charge in [0.25, 0.3) is 6.33 Å². The minimum Gasteiger partial charge on any atom is -0.458 e. The van der Waals surface area contributed by atoms with E-state index in [1.165, 1.54) is 0 Å². The summed E-state index contributed by atoms with van der Waals surface area (Å²) in [6, 6.07) is 55.1. The number of ether oxygens (including phenoxy) is 1. The lowest BCUT2D eigenvalue weighted by atomic mass is 9.91. The second kappa shape index (κ2) is 17.2. The molecular weight excluding hydrogens is 867 g/mol. The van der Waals surface area contributed by atoms with Crippen molar-refractivity contribution in [1.29, 1.82) is 0 Å². The van der Waals surface area contributed by atoms with Crippen LogP contribution >= 0.6 is 0 Å². The number of nitrogens with zero attached hydrogens (tertiary/aromatic N) is 5. The molecule has 1 atom stereocenters. The number of rotatable bonds is 10. The van der Waals surface area contributed by atoms with Crippen LogP contribution in [0.25, 0.3) is 99.8 Å². The fourth-order valence-corrected chi connectivity index (χ4v) is 10.1. The van der Waals surface area contributed by atoms with Crippen LogP contribution in [-0.2, 0) is 0 Å². The van der Waals surface area contributed by atoms with Gasteiger partial charge in [-0.15, -0.1) is 0 Å². The zero-order valence-corrected chi connectivity index (χ0v) is 39.1. The first-order valence-electron chi connectivity index (χ1n) is 27.8. The van der Waals surface area contributed by atoms with Gasteiger partial charge in [0.15, 0.2) is 0 Å². The van der Waals surface area contributed by atoms with Crippen molar-refractivity contribution in [3.8, 4) is 56.6 Å². The van der Waals surface area contributed by atoms with Crippen molar-refractivity contribution in [2.24, 2.45) is 5.92 Å². The highest BCUT2D eigenvalue weighted by atomic mass is 16.5. The Morgan fingerprint density at radius 1 is 0.535 bits per heavy atom. The van der Waals surface area contributed by atoms with Gasteiger partial charge in [0, 0.05) is 39.9 Å². The molecule has 0 aliphatic rings. The van der Waals surface area contributed by atoms with Crippen molar-refractivity contribution in [2.75, 3.05) is 0 Å². The third-order valence-electron chi connectivity index (χ3n) is 13.8. The van der Waals surface area contributed by atoms with Crippen LogP contribution < -0.4 is 9.30 Å². The lowest BCUT2D eigenvalue weighted by Crippen LogP contribution is -2.31. The summed E-state index contributed by atoms with van der Waals surface area (Å²) in [4.78, 5) is 4.97. The lowest BCUT2D eigenvalue weighted by molar-refractivity contribution is -0.571. The Hall–Kier alpha value is -9.00. The van der Waals surface area contributed by atoms with Crippen molar-refractivity contribution >= 4 is 54.6 Å². The standard InChI is InChI=1S/C65H49N5O/c1-43(2)44(3)47-36-37-66-63(38-47)70-58-33-15-12-28-55(58)64-61(69-56-31-13-10-26-53(56)54-27-11-14-32-57(54)69)40-50(41-62(64)70)71-49-25-18-24-48(39-49)67-42-68(60-35-17-16-34-59(60)67)65-51(45-20-6-4-7-21-45)29-19-30-52(65)46-22-8-5-9-23-46/h4-41,43-44H,1-3H3/i10D,11D,13D,14D,26D,27D,31D,32D. The lowest BCUT2D eigenvalue weighted by Gasteiger charge is -2.18. The van der Waals surface area contributed by atoms with E-state index in [2.05, 4.69) is 96.9 Å². The molecule has 4 aromatic heterocycles. The number of hydrogen-bond donors (Lipinski definition) is 0. The Bertz CT molecular complexity index is 4490. The van der Waals surface area contributed by atoms with Gasteiger partial charge in [-0.1, -0.05) is 184 Å². The first-order valence-corrected chi connectivity index (χ1v) is 23.8. The fourth-order valence-electron chi connectivity index (χ4n) is 10.1. The van der Waals surface area contributed by atoms with E-state index >= 15 is 0 Å². The third-order valence-corrected chi connectivity index (χ3v) is 13.8. The van der Waals surface area contributed by atoms with Gasteiger partial charge in [-0.25, -0.2) is 4.98 Å². The summed E-state index contributed by atoms with van der Waals surface area (Å²) in [7, 11) is 0. The van der Waals surface area contributed by atoms with E-state index in [0.717, 1.165) is 61.1 Å². The number of para-hydroxylation sites is 6. The average Bonchev–Trinajstić information content (AvgIpc) is 3.69. The van der Waals surface area contributed by atoms with Gasteiger partial charge in [0.1, 0.15) is 17.3 Å². The van der Waals surface area contributed by atoms with Gasteiger partial charge < -0.3 is 9.30 Å². The van der Waals surface area contributed by atoms with Crippen molar-refractivity contribution in [3.05, 3.63) is 242 Å². The molecule has 13 aromatic rings. The van der Waals surface area contributed by atoms with Crippen molar-refractivity contribution < 1.29 is 20.3 Å². The summed E-state index contributed by atoms with van der Waals surface area (Å²) in [5.74, 6) is 1.99. The van der Waals surface area contributed by atoms with E-state index in [-0.39, 0.29) is 27.7 Å². The zero-order valence-electron chi connectivity index (χ0n) is 47.1. The van der Waals surface area contributed by atoms with Crippen LogP contribution in [0.3, 0.4) is 0 Å². The normalized spacial score (nSPS) is 13.8. The molecule has 0 amide bonds. The van der Waals surface area contributed by atoms with E-state index in [4.69, 9.17) is 15.2 Å². The molecule has 340 valence electrons. The van der Waals surface area contributed by atoms with Gasteiger partial charge in [-0.05, 0) is 88.1 Å². The van der Waals surface area contributed by atoms with Crippen molar-refractivity contribution in [1.82, 2.24) is 18.7 Å². The van der Waals surface area contributed by atoms with Crippen LogP contribution in [-0.4, -0.2) is 18.7 Å². The van der Waals surface area contributed by atoms with Gasteiger partial charge in [-0.2, -0.15) is 0 Å². The molecule has 0 spiro atoms. The maximum absolute atomic E-state index is 9.49. The Labute approximate surface area is 423 Å². The smallest absolute Gasteiger partial charge is 0.269 e. The van der Waals surface area contributed by atoms with E-state index in [1.807, 2.05) is 120 Å². The Morgan fingerprint density at radius 3 is 1.87 bits per heavy atom. The fraction of sp³-hybridized carbons (Fsp3) is 0.0769. The van der Waals surface area contributed by atoms with Crippen LogP contribution in [0.1, 0.15) is 43.2 Å². The number of aromatic nitrogens is 5. The van der Waals surface area contributed by atoms with Gasteiger partial charge in [-0.3, -0.25) is 13.7 Å². The molecule has 1 unspecified atom stereocenters. The highest BCUT2D eigenvalue weighted by Crippen LogP contribution is 2.43. The summed E-state index contributed by atoms with van der Waals surface area (Å²) in [6.07, 6.45) is 5.57. The average molecular weight is 924 g/mol. The molecule has 13 rings (SSSR count). The van der Waals surface area contributed by atoms with Crippen molar-refractivity contribution in [2.45, 2.75) is 26.7 Å². The first kappa shape index (κ1) is 34.3. The molecule has 0 aliphatic carbocycles. The van der Waals surface area contributed by atoms with Crippen LogP contribution in [0.2, 0.25) is 0 Å². The number of fused-ring (bicyclic) bond motifs is 7. The zero-order chi connectivity index (χ0) is 54.5. The molecule has 9 aromatic carbocycles. The largest absolute Gasteiger partial charge is 0.458 e. The molecular formula is C65H49N5O. The second-order valence-corrected chi connectivity index (χ2v) is 18.2. The number of pyridine rings is 1. The van der Waals surface area contributed by atoms with E-state index < -0.39 is 48.3 Å². The van der Waals surface area contributed by atoms with Gasteiger partial charge in [0.05, 0.1) is 61.1 Å². The summed E-state index contributed by atoms with van der Waals surface area (Å²) in [5.41, 5.74) is 10.7. The first-order chi connectivity index (χ1) is 38.3. The molecule has 0 aliphatic heterocycles. The molecule has 0 saturated carbocycles. The molecule has 0 bridgehead atoms. The second-order valence-electron chi connectivity index (χ2n) is 18.2. The molecule has 0 N–H and O–H groups in total. The van der Waals surface area contributed by atoms with Crippen LogP contribution in [0.15, 0.2) is 230 Å². The molecule has 6 nitrogen and oxygen atoms in total. The SMILES string of the molecule is [2H]c1c([2H])c([2H])c2c(c1[2H])c1c([2H])c([2H])c([2H])c([2H])c1n2-c1cc(Oc2cccc(-n3[c-][n+](-c4c(-c5ccccc5)cccc4-c4ccccc4)c4ccccc43)c2)cc2c1c1ccccc1n2-c1cc(C(C)C(C)C)ccn1. The molecule has 0 fully saturated rings. The van der Waals surface area contributed by atoms with Gasteiger partial charge in [0.2, 0.25) is 0 Å². The topological polar surface area (TPSA) is 40.8 Å². The maximum atomic E-state index is 9.49. The number of benzene rings is 9. The van der Waals surface area contributed by atoms with Crippen LogP contribution in [0.5, 0.6) is 11.5 Å². The maximum Gasteiger partial charge on any atom is 0.269 e. The summed E-state index contributed by atoms with van der Waals surface area (Å²) in [6.45, 7) is 6.57.